The van der Waals surface area contributed by atoms with E-state index in [1.807, 2.05) is 44.2 Å². The van der Waals surface area contributed by atoms with E-state index >= 15 is 0 Å². The Kier molecular flexibility index (Phi) is 7.24. The second kappa shape index (κ2) is 10.2. The minimum atomic E-state index is -3.84. The summed E-state index contributed by atoms with van der Waals surface area (Å²) < 4.78 is 54.4. The summed E-state index contributed by atoms with van der Waals surface area (Å²) in [5.41, 5.74) is 3.04. The van der Waals surface area contributed by atoms with Gasteiger partial charge in [-0.3, -0.25) is 13.8 Å². The molecule has 192 valence electrons. The third-order valence-corrected chi connectivity index (χ3v) is 8.31. The molecule has 0 unspecified atom stereocenters. The number of fused-ring (bicyclic) bond motifs is 1. The fourth-order valence-corrected chi connectivity index (χ4v) is 5.99. The summed E-state index contributed by atoms with van der Waals surface area (Å²) in [6, 6.07) is 23.6. The van der Waals surface area contributed by atoms with Crippen molar-refractivity contribution in [3.8, 4) is 0 Å². The highest BCUT2D eigenvalue weighted by Gasteiger charge is 2.23. The zero-order valence-electron chi connectivity index (χ0n) is 20.6. The first kappa shape index (κ1) is 26.2. The average Bonchev–Trinajstić information content (AvgIpc) is 2.84. The van der Waals surface area contributed by atoms with Gasteiger partial charge in [0.15, 0.2) is 0 Å². The Morgan fingerprint density at radius 3 is 2.19 bits per heavy atom. The van der Waals surface area contributed by atoms with Crippen LogP contribution in [0.1, 0.15) is 11.1 Å². The van der Waals surface area contributed by atoms with Crippen molar-refractivity contribution in [3.05, 3.63) is 96.1 Å². The topological polar surface area (TPSA) is 113 Å². The number of sulfonamides is 2. The average molecular weight is 538 g/mol. The molecule has 0 saturated heterocycles. The van der Waals surface area contributed by atoms with Crippen molar-refractivity contribution in [2.75, 3.05) is 27.1 Å². The molecule has 1 amide bonds. The van der Waals surface area contributed by atoms with Crippen molar-refractivity contribution < 1.29 is 21.6 Å². The van der Waals surface area contributed by atoms with Gasteiger partial charge in [-0.25, -0.2) is 16.8 Å². The lowest BCUT2D eigenvalue weighted by Crippen LogP contribution is -2.37. The number of rotatable bonds is 8. The molecule has 10 heteroatoms. The van der Waals surface area contributed by atoms with Gasteiger partial charge in [-0.2, -0.15) is 0 Å². The minimum Gasteiger partial charge on any atom is -0.325 e. The van der Waals surface area contributed by atoms with Crippen LogP contribution in [0.15, 0.2) is 89.8 Å². The molecule has 0 aromatic heterocycles. The standard InChI is InChI=1S/C27H27N3O5S2/c1-19-11-16-25(20(2)17-19)29-37(34,35)23-14-12-22(13-15-23)28-27(31)18-30(36(3,32)33)26-10-6-8-21-7-4-5-9-24(21)26/h4-17,29H,18H2,1-3H3,(H,28,31). The van der Waals surface area contributed by atoms with E-state index in [-0.39, 0.29) is 4.90 Å². The number of anilines is 3. The quantitative estimate of drug-likeness (QED) is 0.339. The van der Waals surface area contributed by atoms with Crippen molar-refractivity contribution in [2.24, 2.45) is 0 Å². The van der Waals surface area contributed by atoms with Crippen molar-refractivity contribution >= 4 is 53.8 Å². The number of carbonyl (C=O) groups is 1. The van der Waals surface area contributed by atoms with Crippen LogP contribution in [-0.2, 0) is 24.8 Å². The largest absolute Gasteiger partial charge is 0.325 e. The monoisotopic (exact) mass is 537 g/mol. The van der Waals surface area contributed by atoms with Gasteiger partial charge in [0.1, 0.15) is 6.54 Å². The van der Waals surface area contributed by atoms with E-state index in [1.165, 1.54) is 24.3 Å². The lowest BCUT2D eigenvalue weighted by atomic mass is 10.1. The molecule has 0 bridgehead atoms. The molecule has 0 radical (unpaired) electrons. The summed E-state index contributed by atoms with van der Waals surface area (Å²) in [7, 11) is -7.61. The number of amides is 1. The predicted molar refractivity (Wildman–Crippen MR) is 148 cm³/mol. The molecule has 37 heavy (non-hydrogen) atoms. The molecule has 4 aromatic rings. The van der Waals surface area contributed by atoms with E-state index < -0.39 is 32.5 Å². The third-order valence-electron chi connectivity index (χ3n) is 5.80. The normalized spacial score (nSPS) is 11.8. The smallest absolute Gasteiger partial charge is 0.261 e. The van der Waals surface area contributed by atoms with Gasteiger partial charge in [0, 0.05) is 11.1 Å². The zero-order chi connectivity index (χ0) is 26.8. The summed E-state index contributed by atoms with van der Waals surface area (Å²) >= 11 is 0. The van der Waals surface area contributed by atoms with E-state index in [0.29, 0.717) is 22.4 Å². The van der Waals surface area contributed by atoms with E-state index in [9.17, 15) is 21.6 Å². The maximum Gasteiger partial charge on any atom is 0.261 e. The summed E-state index contributed by atoms with van der Waals surface area (Å²) in [4.78, 5) is 12.8. The molecule has 0 aliphatic rings. The Balaban J connectivity index is 1.50. The van der Waals surface area contributed by atoms with Gasteiger partial charge in [-0.15, -0.1) is 0 Å². The SMILES string of the molecule is Cc1ccc(NS(=O)(=O)c2ccc(NC(=O)CN(c3cccc4ccccc34)S(C)(=O)=O)cc2)c(C)c1. The second-order valence-corrected chi connectivity index (χ2v) is 12.4. The lowest BCUT2D eigenvalue weighted by Gasteiger charge is -2.23. The molecule has 2 N–H and O–H groups in total. The van der Waals surface area contributed by atoms with E-state index in [0.717, 1.165) is 27.1 Å². The maximum absolute atomic E-state index is 12.8. The lowest BCUT2D eigenvalue weighted by molar-refractivity contribution is -0.114. The maximum atomic E-state index is 12.8. The Morgan fingerprint density at radius 2 is 1.51 bits per heavy atom. The molecular formula is C27H27N3O5S2. The van der Waals surface area contributed by atoms with Crippen LogP contribution in [-0.4, -0.2) is 35.5 Å². The molecule has 4 aromatic carbocycles. The Hall–Kier alpha value is -3.89. The second-order valence-electron chi connectivity index (χ2n) is 8.76. The first-order chi connectivity index (χ1) is 17.4. The van der Waals surface area contributed by atoms with Gasteiger partial charge in [0.05, 0.1) is 22.5 Å². The first-order valence-corrected chi connectivity index (χ1v) is 14.7. The molecule has 0 fully saturated rings. The van der Waals surface area contributed by atoms with Crippen molar-refractivity contribution in [3.63, 3.8) is 0 Å². The Labute approximate surface area is 217 Å². The molecule has 0 spiro atoms. The predicted octanol–water partition coefficient (Wildman–Crippen LogP) is 4.66. The summed E-state index contributed by atoms with van der Waals surface area (Å²) in [5.74, 6) is -0.567. The van der Waals surface area contributed by atoms with Gasteiger partial charge < -0.3 is 5.32 Å². The van der Waals surface area contributed by atoms with Crippen LogP contribution in [0.2, 0.25) is 0 Å². The van der Waals surface area contributed by atoms with Gasteiger partial charge in [0.25, 0.3) is 10.0 Å². The Bertz CT molecular complexity index is 1680. The highest BCUT2D eigenvalue weighted by atomic mass is 32.2. The van der Waals surface area contributed by atoms with Crippen LogP contribution in [0, 0.1) is 13.8 Å². The number of hydrogen-bond acceptors (Lipinski definition) is 5. The van der Waals surface area contributed by atoms with Crippen LogP contribution in [0.25, 0.3) is 10.8 Å². The fraction of sp³-hybridized carbons (Fsp3) is 0.148. The van der Waals surface area contributed by atoms with Gasteiger partial charge >= 0.3 is 0 Å². The zero-order valence-corrected chi connectivity index (χ0v) is 22.2. The number of nitrogens with zero attached hydrogens (tertiary/aromatic N) is 1. The fourth-order valence-electron chi connectivity index (χ4n) is 3.99. The van der Waals surface area contributed by atoms with Crippen LogP contribution in [0.4, 0.5) is 17.1 Å². The Morgan fingerprint density at radius 1 is 0.838 bits per heavy atom. The molecule has 0 aliphatic heterocycles. The first-order valence-electron chi connectivity index (χ1n) is 11.4. The number of aryl methyl sites for hydroxylation is 2. The van der Waals surface area contributed by atoms with Gasteiger partial charge in [-0.1, -0.05) is 54.1 Å². The number of nitrogens with one attached hydrogen (secondary N) is 2. The highest BCUT2D eigenvalue weighted by Crippen LogP contribution is 2.28. The molecule has 8 nitrogen and oxygen atoms in total. The molecule has 0 saturated carbocycles. The van der Waals surface area contributed by atoms with Crippen LogP contribution >= 0.6 is 0 Å². The van der Waals surface area contributed by atoms with Gasteiger partial charge in [-0.05, 0) is 61.2 Å². The number of carbonyl (C=O) groups excluding carboxylic acids is 1. The van der Waals surface area contributed by atoms with Crippen molar-refractivity contribution in [1.82, 2.24) is 0 Å². The number of benzene rings is 4. The summed E-state index contributed by atoms with van der Waals surface area (Å²) in [6.07, 6.45) is 1.05. The van der Waals surface area contributed by atoms with Crippen molar-refractivity contribution in [2.45, 2.75) is 18.7 Å². The van der Waals surface area contributed by atoms with E-state index in [4.69, 9.17) is 0 Å². The summed E-state index contributed by atoms with van der Waals surface area (Å²) in [5, 5.41) is 4.20. The highest BCUT2D eigenvalue weighted by molar-refractivity contribution is 7.92. The van der Waals surface area contributed by atoms with E-state index in [1.54, 1.807) is 30.3 Å². The molecule has 4 rings (SSSR count). The van der Waals surface area contributed by atoms with Gasteiger partial charge in [0.2, 0.25) is 15.9 Å². The summed E-state index contributed by atoms with van der Waals surface area (Å²) in [6.45, 7) is 3.30. The third kappa shape index (κ3) is 6.10. The molecule has 0 aliphatic carbocycles. The number of hydrogen-bond donors (Lipinski definition) is 2. The molecule has 0 heterocycles. The van der Waals surface area contributed by atoms with Crippen LogP contribution < -0.4 is 14.3 Å². The van der Waals surface area contributed by atoms with Crippen molar-refractivity contribution in [1.29, 1.82) is 0 Å². The van der Waals surface area contributed by atoms with Crippen LogP contribution in [0.5, 0.6) is 0 Å². The minimum absolute atomic E-state index is 0.0268. The van der Waals surface area contributed by atoms with Crippen LogP contribution in [0.3, 0.4) is 0 Å². The molecular weight excluding hydrogens is 510 g/mol. The van der Waals surface area contributed by atoms with E-state index in [2.05, 4.69) is 10.0 Å². The molecule has 0 atom stereocenters.